The predicted molar refractivity (Wildman–Crippen MR) is 124 cm³/mol. The average molecular weight is 444 g/mol. The van der Waals surface area contributed by atoms with Gasteiger partial charge in [-0.05, 0) is 61.4 Å². The number of ether oxygens (including phenoxy) is 3. The molecule has 0 N–H and O–H groups in total. The maximum absolute atomic E-state index is 13.2. The summed E-state index contributed by atoms with van der Waals surface area (Å²) in [4.78, 5) is 19.6. The Morgan fingerprint density at radius 2 is 1.97 bits per heavy atom. The summed E-state index contributed by atoms with van der Waals surface area (Å²) >= 11 is 0. The summed E-state index contributed by atoms with van der Waals surface area (Å²) in [5, 5.41) is 0. The molecule has 2 aromatic carbocycles. The lowest BCUT2D eigenvalue weighted by atomic mass is 10.1. The third-order valence-electron chi connectivity index (χ3n) is 5.60. The summed E-state index contributed by atoms with van der Waals surface area (Å²) in [6.07, 6.45) is 3.99. The van der Waals surface area contributed by atoms with E-state index in [9.17, 15) is 4.79 Å². The van der Waals surface area contributed by atoms with Crippen LogP contribution in [0.1, 0.15) is 34.1 Å². The van der Waals surface area contributed by atoms with E-state index in [0.29, 0.717) is 36.8 Å². The first-order valence-electron chi connectivity index (χ1n) is 10.9. The van der Waals surface area contributed by atoms with Crippen molar-refractivity contribution in [2.45, 2.75) is 27.0 Å². The Morgan fingerprint density at radius 3 is 2.85 bits per heavy atom. The van der Waals surface area contributed by atoms with Crippen molar-refractivity contribution >= 4 is 11.6 Å². The Bertz CT molecular complexity index is 1310. The molecule has 0 bridgehead atoms. The van der Waals surface area contributed by atoms with Crippen molar-refractivity contribution < 1.29 is 19.0 Å². The van der Waals surface area contributed by atoms with Gasteiger partial charge < -0.3 is 23.5 Å². The summed E-state index contributed by atoms with van der Waals surface area (Å²) in [5.41, 5.74) is 4.45. The van der Waals surface area contributed by atoms with E-state index >= 15 is 0 Å². The SMILES string of the molecule is CCN(Cc1ccc2c(c1)OCO2)C(=O)c1cccc(OCc2cn3cc(C)ccc3n2)c1. The standard InChI is InChI=1S/C26H25N3O4/c1-3-28(14-19-8-9-23-24(11-19)33-17-32-23)26(30)20-5-4-6-22(12-20)31-16-21-15-29-13-18(2)7-10-25(29)27-21/h4-13,15H,3,14,16-17H2,1-2H3. The molecule has 3 heterocycles. The van der Waals surface area contributed by atoms with Crippen molar-refractivity contribution in [2.75, 3.05) is 13.3 Å². The number of aryl methyl sites for hydroxylation is 1. The third-order valence-corrected chi connectivity index (χ3v) is 5.60. The van der Waals surface area contributed by atoms with Crippen molar-refractivity contribution in [3.05, 3.63) is 89.4 Å². The number of carbonyl (C=O) groups is 1. The molecular weight excluding hydrogens is 418 g/mol. The molecule has 0 saturated carbocycles. The van der Waals surface area contributed by atoms with Gasteiger partial charge in [-0.3, -0.25) is 4.79 Å². The van der Waals surface area contributed by atoms with Gasteiger partial charge in [0.1, 0.15) is 18.0 Å². The highest BCUT2D eigenvalue weighted by molar-refractivity contribution is 5.94. The van der Waals surface area contributed by atoms with Crippen LogP contribution in [0.2, 0.25) is 0 Å². The average Bonchev–Trinajstić information content (AvgIpc) is 3.46. The van der Waals surface area contributed by atoms with Crippen molar-refractivity contribution in [1.29, 1.82) is 0 Å². The number of nitrogens with zero attached hydrogens (tertiary/aromatic N) is 3. The fraction of sp³-hybridized carbons (Fsp3) is 0.231. The minimum atomic E-state index is -0.0520. The van der Waals surface area contributed by atoms with Crippen LogP contribution in [0.5, 0.6) is 17.2 Å². The predicted octanol–water partition coefficient (Wildman–Crippen LogP) is 4.61. The Kier molecular flexibility index (Phi) is 5.60. The van der Waals surface area contributed by atoms with Crippen molar-refractivity contribution in [1.82, 2.24) is 14.3 Å². The van der Waals surface area contributed by atoms with E-state index in [1.807, 2.05) is 79.2 Å². The van der Waals surface area contributed by atoms with Crippen LogP contribution in [0, 0.1) is 6.92 Å². The quantitative estimate of drug-likeness (QED) is 0.417. The largest absolute Gasteiger partial charge is 0.487 e. The van der Waals surface area contributed by atoms with Crippen LogP contribution in [0.3, 0.4) is 0 Å². The van der Waals surface area contributed by atoms with Crippen molar-refractivity contribution in [3.8, 4) is 17.2 Å². The second-order valence-electron chi connectivity index (χ2n) is 8.03. The van der Waals surface area contributed by atoms with Crippen LogP contribution in [0.15, 0.2) is 67.0 Å². The highest BCUT2D eigenvalue weighted by atomic mass is 16.7. The van der Waals surface area contributed by atoms with Gasteiger partial charge in [-0.15, -0.1) is 0 Å². The first-order valence-corrected chi connectivity index (χ1v) is 10.9. The zero-order valence-electron chi connectivity index (χ0n) is 18.7. The first kappa shape index (κ1) is 20.9. The lowest BCUT2D eigenvalue weighted by molar-refractivity contribution is 0.0752. The van der Waals surface area contributed by atoms with Gasteiger partial charge in [-0.1, -0.05) is 18.2 Å². The van der Waals surface area contributed by atoms with E-state index in [2.05, 4.69) is 4.98 Å². The lowest BCUT2D eigenvalue weighted by Crippen LogP contribution is -2.30. The van der Waals surface area contributed by atoms with Gasteiger partial charge in [0, 0.05) is 31.0 Å². The molecule has 0 unspecified atom stereocenters. The van der Waals surface area contributed by atoms with E-state index in [1.54, 1.807) is 11.0 Å². The molecule has 7 nitrogen and oxygen atoms in total. The minimum Gasteiger partial charge on any atom is -0.487 e. The van der Waals surface area contributed by atoms with Crippen LogP contribution in [-0.4, -0.2) is 33.5 Å². The van der Waals surface area contributed by atoms with E-state index in [0.717, 1.165) is 22.7 Å². The topological polar surface area (TPSA) is 65.3 Å². The summed E-state index contributed by atoms with van der Waals surface area (Å²) < 4.78 is 18.8. The molecule has 0 saturated heterocycles. The number of aromatic nitrogens is 2. The smallest absolute Gasteiger partial charge is 0.254 e. The summed E-state index contributed by atoms with van der Waals surface area (Å²) in [6, 6.07) is 17.1. The highest BCUT2D eigenvalue weighted by Gasteiger charge is 2.18. The third kappa shape index (κ3) is 4.48. The molecule has 7 heteroatoms. The number of amides is 1. The fourth-order valence-corrected chi connectivity index (χ4v) is 3.87. The normalized spacial score (nSPS) is 12.2. The maximum Gasteiger partial charge on any atom is 0.254 e. The van der Waals surface area contributed by atoms with Crippen LogP contribution >= 0.6 is 0 Å². The van der Waals surface area contributed by atoms with Gasteiger partial charge in [0.2, 0.25) is 6.79 Å². The number of carbonyl (C=O) groups excluding carboxylic acids is 1. The van der Waals surface area contributed by atoms with Crippen LogP contribution < -0.4 is 14.2 Å². The number of imidazole rings is 1. The number of hydrogen-bond acceptors (Lipinski definition) is 5. The molecule has 0 atom stereocenters. The van der Waals surface area contributed by atoms with Crippen LogP contribution in [0.4, 0.5) is 0 Å². The second kappa shape index (κ2) is 8.86. The number of hydrogen-bond donors (Lipinski definition) is 0. The zero-order chi connectivity index (χ0) is 22.8. The lowest BCUT2D eigenvalue weighted by Gasteiger charge is -2.21. The van der Waals surface area contributed by atoms with E-state index in [1.165, 1.54) is 5.56 Å². The minimum absolute atomic E-state index is 0.0520. The molecule has 1 aliphatic rings. The van der Waals surface area contributed by atoms with Crippen LogP contribution in [-0.2, 0) is 13.2 Å². The van der Waals surface area contributed by atoms with Gasteiger partial charge in [0.25, 0.3) is 5.91 Å². The molecule has 1 aliphatic heterocycles. The van der Waals surface area contributed by atoms with E-state index in [-0.39, 0.29) is 12.7 Å². The summed E-state index contributed by atoms with van der Waals surface area (Å²) in [6.45, 7) is 5.64. The molecule has 1 amide bonds. The Labute approximate surface area is 192 Å². The Hall–Kier alpha value is -4.00. The number of benzene rings is 2. The van der Waals surface area contributed by atoms with Gasteiger partial charge in [-0.25, -0.2) is 4.98 Å². The fourth-order valence-electron chi connectivity index (χ4n) is 3.87. The molecule has 0 radical (unpaired) electrons. The first-order chi connectivity index (χ1) is 16.1. The number of pyridine rings is 1. The maximum atomic E-state index is 13.2. The number of fused-ring (bicyclic) bond motifs is 2. The molecule has 33 heavy (non-hydrogen) atoms. The Balaban J connectivity index is 1.27. The number of rotatable bonds is 7. The summed E-state index contributed by atoms with van der Waals surface area (Å²) in [5.74, 6) is 2.03. The molecule has 0 fully saturated rings. The monoisotopic (exact) mass is 443 g/mol. The molecule has 4 aromatic rings. The van der Waals surface area contributed by atoms with Crippen molar-refractivity contribution in [3.63, 3.8) is 0 Å². The summed E-state index contributed by atoms with van der Waals surface area (Å²) in [7, 11) is 0. The molecule has 0 aliphatic carbocycles. The second-order valence-corrected chi connectivity index (χ2v) is 8.03. The highest BCUT2D eigenvalue weighted by Crippen LogP contribution is 2.33. The van der Waals surface area contributed by atoms with Gasteiger partial charge >= 0.3 is 0 Å². The molecule has 0 spiro atoms. The zero-order valence-corrected chi connectivity index (χ0v) is 18.7. The van der Waals surface area contributed by atoms with Crippen molar-refractivity contribution in [2.24, 2.45) is 0 Å². The molecule has 168 valence electrons. The van der Waals surface area contributed by atoms with E-state index in [4.69, 9.17) is 14.2 Å². The Morgan fingerprint density at radius 1 is 1.09 bits per heavy atom. The van der Waals surface area contributed by atoms with Gasteiger partial charge in [0.05, 0.1) is 5.69 Å². The molecule has 2 aromatic heterocycles. The van der Waals surface area contributed by atoms with Crippen LogP contribution in [0.25, 0.3) is 5.65 Å². The molecule has 5 rings (SSSR count). The van der Waals surface area contributed by atoms with Gasteiger partial charge in [0.15, 0.2) is 11.5 Å². The van der Waals surface area contributed by atoms with Gasteiger partial charge in [-0.2, -0.15) is 0 Å². The molecular formula is C26H25N3O4. The van der Waals surface area contributed by atoms with E-state index < -0.39 is 0 Å².